The van der Waals surface area contributed by atoms with Gasteiger partial charge in [0.1, 0.15) is 11.6 Å². The highest BCUT2D eigenvalue weighted by molar-refractivity contribution is 5.87. The van der Waals surface area contributed by atoms with Crippen molar-refractivity contribution < 1.29 is 14.3 Å². The fraction of sp³-hybridized carbons (Fsp3) is 0.656. The first-order valence-corrected chi connectivity index (χ1v) is 15.8. The Kier molecular flexibility index (Phi) is 10.1. The number of anilines is 1. The van der Waals surface area contributed by atoms with Crippen molar-refractivity contribution in [2.75, 3.05) is 64.5 Å². The van der Waals surface area contributed by atoms with Crippen LogP contribution in [-0.4, -0.2) is 106 Å². The summed E-state index contributed by atoms with van der Waals surface area (Å²) in [4.78, 5) is 34.7. The van der Waals surface area contributed by atoms with Crippen molar-refractivity contribution in [2.45, 2.75) is 65.3 Å². The van der Waals surface area contributed by atoms with Crippen LogP contribution in [0.5, 0.6) is 5.88 Å². The molecule has 234 valence electrons. The Morgan fingerprint density at radius 3 is 2.53 bits per heavy atom. The van der Waals surface area contributed by atoms with Crippen molar-refractivity contribution >= 4 is 22.8 Å². The molecule has 0 spiro atoms. The molecule has 11 nitrogen and oxygen atoms in total. The molecule has 4 heterocycles. The molecule has 5 rings (SSSR count). The zero-order chi connectivity index (χ0) is 30.4. The third kappa shape index (κ3) is 7.80. The fourth-order valence-electron chi connectivity index (χ4n) is 6.33. The molecular weight excluding hydrogens is 544 g/mol. The quantitative estimate of drug-likeness (QED) is 0.354. The van der Waals surface area contributed by atoms with Gasteiger partial charge in [-0.1, -0.05) is 6.07 Å². The Balaban J connectivity index is 1.17. The number of ether oxygens (including phenoxy) is 2. The van der Waals surface area contributed by atoms with Crippen molar-refractivity contribution in [3.8, 4) is 5.88 Å². The van der Waals surface area contributed by atoms with Crippen LogP contribution in [0.15, 0.2) is 24.4 Å². The molecule has 0 unspecified atom stereocenters. The fourth-order valence-corrected chi connectivity index (χ4v) is 6.33. The third-order valence-corrected chi connectivity index (χ3v) is 8.83. The first-order chi connectivity index (χ1) is 20.7. The second kappa shape index (κ2) is 14.0. The Morgan fingerprint density at radius 1 is 1.07 bits per heavy atom. The van der Waals surface area contributed by atoms with Gasteiger partial charge in [-0.25, -0.2) is 15.0 Å². The van der Waals surface area contributed by atoms with Gasteiger partial charge in [-0.15, -0.1) is 0 Å². The first-order valence-electron chi connectivity index (χ1n) is 15.8. The lowest BCUT2D eigenvalue weighted by molar-refractivity contribution is -0.137. The number of hydrogen-bond acceptors (Lipinski definition) is 9. The summed E-state index contributed by atoms with van der Waals surface area (Å²) in [5, 5.41) is 8.15. The van der Waals surface area contributed by atoms with Crippen molar-refractivity contribution in [3.05, 3.63) is 35.9 Å². The van der Waals surface area contributed by atoms with Crippen molar-refractivity contribution in [2.24, 2.45) is 11.8 Å². The number of nitrogens with zero attached hydrogens (tertiary/aromatic N) is 7. The first kappa shape index (κ1) is 31.1. The van der Waals surface area contributed by atoms with E-state index < -0.39 is 0 Å². The van der Waals surface area contributed by atoms with E-state index in [1.807, 2.05) is 25.1 Å². The van der Waals surface area contributed by atoms with Gasteiger partial charge in [-0.05, 0) is 65.4 Å². The summed E-state index contributed by atoms with van der Waals surface area (Å²) >= 11 is 0. The van der Waals surface area contributed by atoms with E-state index in [-0.39, 0.29) is 11.5 Å². The zero-order valence-electron chi connectivity index (χ0n) is 26.5. The number of carbonyl (C=O) groups is 1. The monoisotopic (exact) mass is 592 g/mol. The number of H-pyrrole nitrogens is 1. The van der Waals surface area contributed by atoms with Crippen molar-refractivity contribution in [1.29, 1.82) is 0 Å². The molecule has 2 aliphatic rings. The van der Waals surface area contributed by atoms with Crippen molar-refractivity contribution in [1.82, 2.24) is 34.9 Å². The summed E-state index contributed by atoms with van der Waals surface area (Å²) in [5.41, 5.74) is 1.67. The molecule has 3 aromatic rings. The molecule has 0 radical (unpaired) electrons. The standard InChI is InChI=1S/C32H48N8O3/c1-6-43-28-9-7-8-25(34-28)20-27-35-29-26(21-33-37-29)30(36-27)38-14-16-39(17-15-38)31(41)24-12-10-23(11-13-24)22-40(18-19-42-5)32(2,3)4/h7-9,21,23-24H,6,10-20,22H2,1-5H3,(H,33,35,36,37). The lowest BCUT2D eigenvalue weighted by Crippen LogP contribution is -2.51. The number of rotatable bonds is 11. The maximum absolute atomic E-state index is 13.6. The summed E-state index contributed by atoms with van der Waals surface area (Å²) in [7, 11) is 1.77. The minimum atomic E-state index is 0.114. The Labute approximate surface area is 255 Å². The van der Waals surface area contributed by atoms with Gasteiger partial charge in [0.2, 0.25) is 11.8 Å². The molecule has 1 aliphatic carbocycles. The molecule has 1 saturated carbocycles. The summed E-state index contributed by atoms with van der Waals surface area (Å²) in [5.74, 6) is 3.23. The van der Waals surface area contributed by atoms with Gasteiger partial charge in [0, 0.05) is 63.9 Å². The number of aromatic amines is 1. The molecule has 1 N–H and O–H groups in total. The van der Waals surface area contributed by atoms with E-state index >= 15 is 0 Å². The molecule has 1 saturated heterocycles. The summed E-state index contributed by atoms with van der Waals surface area (Å²) in [6.45, 7) is 15.0. The largest absolute Gasteiger partial charge is 0.478 e. The van der Waals surface area contributed by atoms with E-state index in [4.69, 9.17) is 19.4 Å². The second-order valence-electron chi connectivity index (χ2n) is 12.8. The number of aromatic nitrogens is 5. The smallest absolute Gasteiger partial charge is 0.225 e. The van der Waals surface area contributed by atoms with Crippen LogP contribution < -0.4 is 9.64 Å². The lowest BCUT2D eigenvalue weighted by atomic mass is 9.80. The topological polar surface area (TPSA) is 113 Å². The van der Waals surface area contributed by atoms with Crippen LogP contribution in [0.1, 0.15) is 64.9 Å². The number of pyridine rings is 1. The van der Waals surface area contributed by atoms with Crippen LogP contribution in [0.3, 0.4) is 0 Å². The zero-order valence-corrected chi connectivity index (χ0v) is 26.5. The SMILES string of the molecule is CCOc1cccc(Cc2nc(N3CCN(C(=O)C4CCC(CN(CCOC)C(C)(C)C)CC4)CC3)c3cn[nH]c3n2)n1. The molecule has 2 fully saturated rings. The van der Waals surface area contributed by atoms with Crippen LogP contribution in [0.25, 0.3) is 11.0 Å². The molecule has 0 bridgehead atoms. The number of nitrogens with one attached hydrogen (secondary N) is 1. The van der Waals surface area contributed by atoms with Gasteiger partial charge in [-0.2, -0.15) is 5.10 Å². The van der Waals surface area contributed by atoms with Crippen LogP contribution in [0.2, 0.25) is 0 Å². The average Bonchev–Trinajstić information content (AvgIpc) is 3.47. The molecule has 3 aromatic heterocycles. The van der Waals surface area contributed by atoms with Gasteiger partial charge in [0.15, 0.2) is 5.65 Å². The minimum absolute atomic E-state index is 0.114. The van der Waals surface area contributed by atoms with Crippen molar-refractivity contribution in [3.63, 3.8) is 0 Å². The number of carbonyl (C=O) groups excluding carboxylic acids is 1. The van der Waals surface area contributed by atoms with Crippen LogP contribution in [-0.2, 0) is 16.0 Å². The van der Waals surface area contributed by atoms with Crippen LogP contribution in [0.4, 0.5) is 5.82 Å². The molecule has 0 atom stereocenters. The molecule has 1 amide bonds. The number of methoxy groups -OCH3 is 1. The minimum Gasteiger partial charge on any atom is -0.478 e. The van der Waals surface area contributed by atoms with E-state index in [1.54, 1.807) is 13.3 Å². The molecule has 1 aliphatic heterocycles. The highest BCUT2D eigenvalue weighted by Crippen LogP contribution is 2.33. The average molecular weight is 593 g/mol. The summed E-state index contributed by atoms with van der Waals surface area (Å²) in [6, 6.07) is 5.76. The number of amides is 1. The summed E-state index contributed by atoms with van der Waals surface area (Å²) in [6.07, 6.45) is 6.46. The van der Waals surface area contributed by atoms with Crippen LogP contribution in [0, 0.1) is 11.8 Å². The lowest BCUT2D eigenvalue weighted by Gasteiger charge is -2.41. The molecule has 0 aromatic carbocycles. The molecule has 11 heteroatoms. The Hall–Kier alpha value is -3.31. The number of hydrogen-bond donors (Lipinski definition) is 1. The van der Waals surface area contributed by atoms with Gasteiger partial charge in [0.05, 0.1) is 36.9 Å². The normalized spacial score (nSPS) is 19.8. The van der Waals surface area contributed by atoms with Gasteiger partial charge < -0.3 is 19.3 Å². The highest BCUT2D eigenvalue weighted by Gasteiger charge is 2.33. The Morgan fingerprint density at radius 2 is 1.84 bits per heavy atom. The van der Waals surface area contributed by atoms with E-state index in [0.717, 1.165) is 75.4 Å². The number of piperazine rings is 1. The summed E-state index contributed by atoms with van der Waals surface area (Å²) < 4.78 is 10.9. The maximum atomic E-state index is 13.6. The van der Waals surface area contributed by atoms with Gasteiger partial charge >= 0.3 is 0 Å². The van der Waals surface area contributed by atoms with E-state index in [9.17, 15) is 4.79 Å². The predicted octanol–water partition coefficient (Wildman–Crippen LogP) is 3.94. The van der Waals surface area contributed by atoms with Gasteiger partial charge in [0.25, 0.3) is 0 Å². The third-order valence-electron chi connectivity index (χ3n) is 8.83. The second-order valence-corrected chi connectivity index (χ2v) is 12.8. The Bertz CT molecular complexity index is 1340. The van der Waals surface area contributed by atoms with E-state index in [2.05, 4.69) is 50.7 Å². The van der Waals surface area contributed by atoms with E-state index in [0.29, 0.717) is 55.3 Å². The molecular formula is C32H48N8O3. The van der Waals surface area contributed by atoms with E-state index in [1.165, 1.54) is 0 Å². The number of fused-ring (bicyclic) bond motifs is 1. The molecule has 43 heavy (non-hydrogen) atoms. The maximum Gasteiger partial charge on any atom is 0.225 e. The van der Waals surface area contributed by atoms with Crippen LogP contribution >= 0.6 is 0 Å². The van der Waals surface area contributed by atoms with Gasteiger partial charge in [-0.3, -0.25) is 14.8 Å². The predicted molar refractivity (Wildman–Crippen MR) is 167 cm³/mol. The highest BCUT2D eigenvalue weighted by atomic mass is 16.5.